The number of aryl methyl sites for hydroxylation is 1. The van der Waals surface area contributed by atoms with Gasteiger partial charge in [-0.15, -0.1) is 0 Å². The number of hydrogen-bond donors (Lipinski definition) is 3. The lowest BCUT2D eigenvalue weighted by Crippen LogP contribution is -2.26. The summed E-state index contributed by atoms with van der Waals surface area (Å²) in [5, 5.41) is 3.01. The zero-order chi connectivity index (χ0) is 22.3. The van der Waals surface area contributed by atoms with Gasteiger partial charge in [0.2, 0.25) is 0 Å². The van der Waals surface area contributed by atoms with Crippen molar-refractivity contribution in [2.45, 2.75) is 25.8 Å². The number of benzene rings is 3. The molecule has 0 spiro atoms. The SMILES string of the molecule is Cc1nc(C(c2ccccc2)c2ccccc2)[nH]c1C(=O)NCCc1ccc(CN)cc1. The van der Waals surface area contributed by atoms with Crippen LogP contribution in [0.3, 0.4) is 0 Å². The Morgan fingerprint density at radius 1 is 0.906 bits per heavy atom. The predicted molar refractivity (Wildman–Crippen MR) is 128 cm³/mol. The molecule has 5 nitrogen and oxygen atoms in total. The van der Waals surface area contributed by atoms with Crippen LogP contribution in [-0.4, -0.2) is 22.4 Å². The molecule has 0 radical (unpaired) electrons. The van der Waals surface area contributed by atoms with E-state index < -0.39 is 0 Å². The molecule has 4 aromatic rings. The molecule has 0 atom stereocenters. The van der Waals surface area contributed by atoms with Crippen LogP contribution in [0.2, 0.25) is 0 Å². The third-order valence-corrected chi connectivity index (χ3v) is 5.63. The normalized spacial score (nSPS) is 11.0. The number of hydrogen-bond acceptors (Lipinski definition) is 3. The van der Waals surface area contributed by atoms with Crippen LogP contribution in [0.25, 0.3) is 0 Å². The van der Waals surface area contributed by atoms with Gasteiger partial charge in [0.1, 0.15) is 11.5 Å². The van der Waals surface area contributed by atoms with Crippen LogP contribution in [0.4, 0.5) is 0 Å². The standard InChI is InChI=1S/C27H28N4O/c1-19-25(27(32)29-17-16-20-12-14-21(18-28)15-13-20)31-26(30-19)24(22-8-4-2-5-9-22)23-10-6-3-7-11-23/h2-15,24H,16-18,28H2,1H3,(H,29,32)(H,30,31). The van der Waals surface area contributed by atoms with E-state index in [0.717, 1.165) is 34.5 Å². The van der Waals surface area contributed by atoms with Gasteiger partial charge in [0.25, 0.3) is 5.91 Å². The highest BCUT2D eigenvalue weighted by atomic mass is 16.1. The van der Waals surface area contributed by atoms with E-state index in [4.69, 9.17) is 10.7 Å². The van der Waals surface area contributed by atoms with Crippen molar-refractivity contribution in [3.63, 3.8) is 0 Å². The number of H-pyrrole nitrogens is 1. The van der Waals surface area contributed by atoms with Gasteiger partial charge in [0.05, 0.1) is 11.6 Å². The number of rotatable bonds is 8. The van der Waals surface area contributed by atoms with Gasteiger partial charge in [-0.2, -0.15) is 0 Å². The van der Waals surface area contributed by atoms with Crippen LogP contribution in [0, 0.1) is 6.92 Å². The van der Waals surface area contributed by atoms with Crippen LogP contribution in [0.1, 0.15) is 50.2 Å². The Morgan fingerprint density at radius 3 is 2.03 bits per heavy atom. The molecule has 0 aliphatic heterocycles. The molecule has 0 saturated carbocycles. The Labute approximate surface area is 188 Å². The summed E-state index contributed by atoms with van der Waals surface area (Å²) < 4.78 is 0. The molecule has 0 saturated heterocycles. The molecular formula is C27H28N4O. The molecule has 1 heterocycles. The highest BCUT2D eigenvalue weighted by Crippen LogP contribution is 2.30. The Balaban J connectivity index is 1.50. The second kappa shape index (κ2) is 10.1. The van der Waals surface area contributed by atoms with Crippen LogP contribution < -0.4 is 11.1 Å². The van der Waals surface area contributed by atoms with Crippen molar-refractivity contribution in [2.75, 3.05) is 6.54 Å². The molecule has 162 valence electrons. The Morgan fingerprint density at radius 2 is 1.47 bits per heavy atom. The zero-order valence-corrected chi connectivity index (χ0v) is 18.2. The topological polar surface area (TPSA) is 83.8 Å². The molecule has 0 unspecified atom stereocenters. The van der Waals surface area contributed by atoms with E-state index in [1.54, 1.807) is 0 Å². The van der Waals surface area contributed by atoms with E-state index in [1.165, 1.54) is 0 Å². The molecule has 0 aliphatic carbocycles. The fourth-order valence-electron chi connectivity index (χ4n) is 3.89. The van der Waals surface area contributed by atoms with Gasteiger partial charge in [-0.1, -0.05) is 84.9 Å². The maximum atomic E-state index is 12.9. The number of aromatic amines is 1. The minimum Gasteiger partial charge on any atom is -0.350 e. The fraction of sp³-hybridized carbons (Fsp3) is 0.185. The van der Waals surface area contributed by atoms with Crippen molar-refractivity contribution in [3.05, 3.63) is 124 Å². The second-order valence-corrected chi connectivity index (χ2v) is 7.86. The first kappa shape index (κ1) is 21.5. The smallest absolute Gasteiger partial charge is 0.269 e. The average molecular weight is 425 g/mol. The number of nitrogens with zero attached hydrogens (tertiary/aromatic N) is 1. The molecule has 1 amide bonds. The van der Waals surface area contributed by atoms with Crippen molar-refractivity contribution in [1.29, 1.82) is 0 Å². The van der Waals surface area contributed by atoms with Crippen molar-refractivity contribution >= 4 is 5.91 Å². The maximum Gasteiger partial charge on any atom is 0.269 e. The number of imidazole rings is 1. The minimum atomic E-state index is -0.139. The molecule has 4 rings (SSSR count). The van der Waals surface area contributed by atoms with E-state index in [-0.39, 0.29) is 11.8 Å². The third kappa shape index (κ3) is 4.95. The van der Waals surface area contributed by atoms with Crippen LogP contribution in [-0.2, 0) is 13.0 Å². The van der Waals surface area contributed by atoms with E-state index in [0.29, 0.717) is 24.5 Å². The number of carbonyl (C=O) groups excluding carboxylic acids is 1. The summed E-state index contributed by atoms with van der Waals surface area (Å²) in [6.07, 6.45) is 0.757. The van der Waals surface area contributed by atoms with Crippen LogP contribution in [0.15, 0.2) is 84.9 Å². The monoisotopic (exact) mass is 424 g/mol. The summed E-state index contributed by atoms with van der Waals surface area (Å²) in [4.78, 5) is 20.9. The van der Waals surface area contributed by atoms with Gasteiger partial charge < -0.3 is 16.0 Å². The minimum absolute atomic E-state index is 0.0706. The van der Waals surface area contributed by atoms with E-state index in [1.807, 2.05) is 55.5 Å². The number of carbonyl (C=O) groups is 1. The van der Waals surface area contributed by atoms with Crippen molar-refractivity contribution < 1.29 is 4.79 Å². The van der Waals surface area contributed by atoms with Crippen LogP contribution in [0.5, 0.6) is 0 Å². The summed E-state index contributed by atoms with van der Waals surface area (Å²) in [5.41, 5.74) is 11.4. The van der Waals surface area contributed by atoms with E-state index in [2.05, 4.69) is 46.7 Å². The van der Waals surface area contributed by atoms with Crippen molar-refractivity contribution in [1.82, 2.24) is 15.3 Å². The third-order valence-electron chi connectivity index (χ3n) is 5.63. The Bertz CT molecular complexity index is 1110. The van der Waals surface area contributed by atoms with Gasteiger partial charge >= 0.3 is 0 Å². The predicted octanol–water partition coefficient (Wildman–Crippen LogP) is 4.33. The highest BCUT2D eigenvalue weighted by Gasteiger charge is 2.23. The highest BCUT2D eigenvalue weighted by molar-refractivity contribution is 5.93. The lowest BCUT2D eigenvalue weighted by Gasteiger charge is -2.15. The lowest BCUT2D eigenvalue weighted by atomic mass is 9.91. The van der Waals surface area contributed by atoms with Gasteiger partial charge in [-0.05, 0) is 35.6 Å². The lowest BCUT2D eigenvalue weighted by molar-refractivity contribution is 0.0949. The summed E-state index contributed by atoms with van der Waals surface area (Å²) in [6, 6.07) is 28.6. The van der Waals surface area contributed by atoms with Crippen molar-refractivity contribution in [2.24, 2.45) is 5.73 Å². The van der Waals surface area contributed by atoms with E-state index >= 15 is 0 Å². The van der Waals surface area contributed by atoms with Crippen LogP contribution >= 0.6 is 0 Å². The molecule has 0 fully saturated rings. The molecule has 5 heteroatoms. The van der Waals surface area contributed by atoms with E-state index in [9.17, 15) is 4.79 Å². The van der Waals surface area contributed by atoms with Gasteiger partial charge in [-0.25, -0.2) is 4.98 Å². The first-order valence-corrected chi connectivity index (χ1v) is 10.9. The summed E-state index contributed by atoms with van der Waals surface area (Å²) in [5.74, 6) is 0.556. The molecule has 3 aromatic carbocycles. The average Bonchev–Trinajstić information content (AvgIpc) is 3.22. The second-order valence-electron chi connectivity index (χ2n) is 7.86. The maximum absolute atomic E-state index is 12.9. The van der Waals surface area contributed by atoms with Gasteiger partial charge in [-0.3, -0.25) is 4.79 Å². The first-order chi connectivity index (χ1) is 15.7. The molecule has 1 aromatic heterocycles. The number of nitrogens with one attached hydrogen (secondary N) is 2. The first-order valence-electron chi connectivity index (χ1n) is 10.9. The Kier molecular flexibility index (Phi) is 6.78. The Hall–Kier alpha value is -3.70. The molecular weight excluding hydrogens is 396 g/mol. The zero-order valence-electron chi connectivity index (χ0n) is 18.2. The summed E-state index contributed by atoms with van der Waals surface area (Å²) in [7, 11) is 0. The molecule has 4 N–H and O–H groups in total. The quantitative estimate of drug-likeness (QED) is 0.394. The van der Waals surface area contributed by atoms with Gasteiger partial charge in [0.15, 0.2) is 0 Å². The van der Waals surface area contributed by atoms with Gasteiger partial charge in [0, 0.05) is 13.1 Å². The fourth-order valence-corrected chi connectivity index (χ4v) is 3.89. The number of nitrogens with two attached hydrogens (primary N) is 1. The largest absolute Gasteiger partial charge is 0.350 e. The summed E-state index contributed by atoms with van der Waals surface area (Å²) >= 11 is 0. The van der Waals surface area contributed by atoms with Crippen molar-refractivity contribution in [3.8, 4) is 0 Å². The molecule has 0 aliphatic rings. The molecule has 0 bridgehead atoms. The molecule has 32 heavy (non-hydrogen) atoms. The summed E-state index contributed by atoms with van der Waals surface area (Å²) in [6.45, 7) is 2.95. The number of aromatic nitrogens is 2. The number of amides is 1.